The lowest BCUT2D eigenvalue weighted by Gasteiger charge is -2.28. The Morgan fingerprint density at radius 2 is 1.86 bits per heavy atom. The molecule has 0 bridgehead atoms. The highest BCUT2D eigenvalue weighted by Gasteiger charge is 2.23. The molecule has 0 radical (unpaired) electrons. The Morgan fingerprint density at radius 3 is 2.68 bits per heavy atom. The molecule has 1 fully saturated rings. The quantitative estimate of drug-likeness (QED) is 0.761. The lowest BCUT2D eigenvalue weighted by Crippen LogP contribution is -3.14. The summed E-state index contributed by atoms with van der Waals surface area (Å²) in [5.41, 5.74) is 3.90. The number of hydrogen-bond donors (Lipinski definition) is 2. The Balaban J connectivity index is 1.36. The fourth-order valence-corrected chi connectivity index (χ4v) is 4.11. The van der Waals surface area contributed by atoms with Gasteiger partial charge in [0.05, 0.1) is 13.2 Å². The summed E-state index contributed by atoms with van der Waals surface area (Å²) in [5, 5.41) is 3.18. The molecule has 5 nitrogen and oxygen atoms in total. The standard InChI is InChI=1S/C23H28N2O3/c26-23(17-28-21-10-9-18-7-4-8-20(18)15-21)24-22(19-5-2-1-3-6-19)16-25-11-13-27-14-12-25/h1-3,5-6,9-10,15,22H,4,7-8,11-14,16-17H2,(H,24,26)/p+1/t22-/m0/s1. The Labute approximate surface area is 166 Å². The number of fused-ring (bicyclic) bond motifs is 1. The summed E-state index contributed by atoms with van der Waals surface area (Å²) in [4.78, 5) is 14.1. The van der Waals surface area contributed by atoms with Gasteiger partial charge in [-0.15, -0.1) is 0 Å². The van der Waals surface area contributed by atoms with Crippen molar-refractivity contribution in [2.45, 2.75) is 25.3 Å². The normalized spacial score (nSPS) is 17.7. The third-order valence-corrected chi connectivity index (χ3v) is 5.67. The van der Waals surface area contributed by atoms with E-state index < -0.39 is 0 Å². The Hall–Kier alpha value is -2.37. The predicted octanol–water partition coefficient (Wildman–Crippen LogP) is 1.33. The average Bonchev–Trinajstić information content (AvgIpc) is 3.21. The first-order chi connectivity index (χ1) is 13.8. The summed E-state index contributed by atoms with van der Waals surface area (Å²) in [6, 6.07) is 16.4. The van der Waals surface area contributed by atoms with Crippen LogP contribution < -0.4 is 15.0 Å². The first-order valence-electron chi connectivity index (χ1n) is 10.3. The summed E-state index contributed by atoms with van der Waals surface area (Å²) in [5.74, 6) is 0.702. The largest absolute Gasteiger partial charge is 0.484 e. The van der Waals surface area contributed by atoms with Crippen LogP contribution in [0.2, 0.25) is 0 Å². The molecule has 148 valence electrons. The number of nitrogens with one attached hydrogen (secondary N) is 2. The second-order valence-electron chi connectivity index (χ2n) is 7.67. The van der Waals surface area contributed by atoms with E-state index in [0.29, 0.717) is 0 Å². The highest BCUT2D eigenvalue weighted by molar-refractivity contribution is 5.78. The SMILES string of the molecule is O=C(COc1ccc2c(c1)CCC2)N[C@@H](C[NH+]1CCOCC1)c1ccccc1. The van der Waals surface area contributed by atoms with Crippen LogP contribution in [0.15, 0.2) is 48.5 Å². The predicted molar refractivity (Wildman–Crippen MR) is 108 cm³/mol. The number of rotatable bonds is 7. The number of carbonyl (C=O) groups excluding carboxylic acids is 1. The van der Waals surface area contributed by atoms with E-state index in [1.54, 1.807) is 0 Å². The van der Waals surface area contributed by atoms with Crippen LogP contribution >= 0.6 is 0 Å². The molecule has 2 aromatic rings. The van der Waals surface area contributed by atoms with Crippen LogP contribution in [0.4, 0.5) is 0 Å². The fraction of sp³-hybridized carbons (Fsp3) is 0.435. The highest BCUT2D eigenvalue weighted by Crippen LogP contribution is 2.26. The molecule has 2 aliphatic rings. The molecule has 1 aliphatic carbocycles. The third-order valence-electron chi connectivity index (χ3n) is 5.67. The second kappa shape index (κ2) is 9.22. The van der Waals surface area contributed by atoms with E-state index in [1.165, 1.54) is 22.4 Å². The molecular formula is C23H29N2O3+. The molecule has 1 amide bonds. The van der Waals surface area contributed by atoms with Crippen molar-refractivity contribution < 1.29 is 19.2 Å². The topological polar surface area (TPSA) is 52.0 Å². The maximum Gasteiger partial charge on any atom is 0.258 e. The molecule has 1 saturated heterocycles. The van der Waals surface area contributed by atoms with Crippen LogP contribution in [-0.4, -0.2) is 45.4 Å². The van der Waals surface area contributed by atoms with E-state index >= 15 is 0 Å². The zero-order valence-corrected chi connectivity index (χ0v) is 16.3. The first-order valence-corrected chi connectivity index (χ1v) is 10.3. The first kappa shape index (κ1) is 19.0. The molecule has 0 aromatic heterocycles. The van der Waals surface area contributed by atoms with Crippen molar-refractivity contribution in [2.75, 3.05) is 39.5 Å². The molecule has 1 aliphatic heterocycles. The van der Waals surface area contributed by atoms with Crippen LogP contribution in [0.3, 0.4) is 0 Å². The molecule has 0 unspecified atom stereocenters. The van der Waals surface area contributed by atoms with Crippen molar-refractivity contribution in [3.8, 4) is 5.75 Å². The van der Waals surface area contributed by atoms with Gasteiger partial charge >= 0.3 is 0 Å². The van der Waals surface area contributed by atoms with Crippen LogP contribution in [0.5, 0.6) is 5.75 Å². The Bertz CT molecular complexity index is 788. The summed E-state index contributed by atoms with van der Waals surface area (Å²) in [7, 11) is 0. The van der Waals surface area contributed by atoms with Crippen LogP contribution in [-0.2, 0) is 22.4 Å². The van der Waals surface area contributed by atoms with E-state index in [2.05, 4.69) is 29.6 Å². The smallest absolute Gasteiger partial charge is 0.258 e. The molecule has 28 heavy (non-hydrogen) atoms. The zero-order chi connectivity index (χ0) is 19.2. The van der Waals surface area contributed by atoms with E-state index in [1.807, 2.05) is 24.3 Å². The molecule has 0 spiro atoms. The number of benzene rings is 2. The summed E-state index contributed by atoms with van der Waals surface area (Å²) >= 11 is 0. The van der Waals surface area contributed by atoms with Gasteiger partial charge in [0.25, 0.3) is 5.91 Å². The van der Waals surface area contributed by atoms with Gasteiger partial charge in [0, 0.05) is 0 Å². The number of aryl methyl sites for hydroxylation is 2. The molecule has 1 heterocycles. The van der Waals surface area contributed by atoms with Crippen LogP contribution in [0.25, 0.3) is 0 Å². The van der Waals surface area contributed by atoms with Gasteiger partial charge in [-0.1, -0.05) is 36.4 Å². The summed E-state index contributed by atoms with van der Waals surface area (Å²) in [6.07, 6.45) is 3.47. The Morgan fingerprint density at radius 1 is 1.07 bits per heavy atom. The maximum atomic E-state index is 12.6. The number of ether oxygens (including phenoxy) is 2. The van der Waals surface area contributed by atoms with Crippen molar-refractivity contribution >= 4 is 5.91 Å². The molecule has 0 saturated carbocycles. The van der Waals surface area contributed by atoms with Crippen molar-refractivity contribution in [1.82, 2.24) is 5.32 Å². The number of carbonyl (C=O) groups is 1. The van der Waals surface area contributed by atoms with E-state index in [9.17, 15) is 4.79 Å². The van der Waals surface area contributed by atoms with E-state index in [4.69, 9.17) is 9.47 Å². The lowest BCUT2D eigenvalue weighted by molar-refractivity contribution is -0.909. The summed E-state index contributed by atoms with van der Waals surface area (Å²) in [6.45, 7) is 4.42. The Kier molecular flexibility index (Phi) is 6.24. The van der Waals surface area contributed by atoms with E-state index in [0.717, 1.165) is 57.0 Å². The molecule has 2 aromatic carbocycles. The molecule has 4 rings (SSSR count). The molecule has 1 atom stereocenters. The van der Waals surface area contributed by atoms with Crippen LogP contribution in [0, 0.1) is 0 Å². The molecule has 2 N–H and O–H groups in total. The fourth-order valence-electron chi connectivity index (χ4n) is 4.11. The number of hydrogen-bond acceptors (Lipinski definition) is 3. The van der Waals surface area contributed by atoms with Gasteiger partial charge < -0.3 is 19.7 Å². The van der Waals surface area contributed by atoms with E-state index in [-0.39, 0.29) is 18.6 Å². The van der Waals surface area contributed by atoms with Gasteiger partial charge in [0.2, 0.25) is 0 Å². The molecule has 5 heteroatoms. The lowest BCUT2D eigenvalue weighted by atomic mass is 10.1. The van der Waals surface area contributed by atoms with Gasteiger partial charge in [-0.05, 0) is 48.1 Å². The number of quaternary nitrogens is 1. The van der Waals surface area contributed by atoms with Crippen molar-refractivity contribution in [3.05, 3.63) is 65.2 Å². The zero-order valence-electron chi connectivity index (χ0n) is 16.3. The van der Waals surface area contributed by atoms with Gasteiger partial charge in [-0.25, -0.2) is 0 Å². The van der Waals surface area contributed by atoms with Gasteiger partial charge in [0.15, 0.2) is 6.61 Å². The van der Waals surface area contributed by atoms with Gasteiger partial charge in [0.1, 0.15) is 31.4 Å². The van der Waals surface area contributed by atoms with Gasteiger partial charge in [-0.2, -0.15) is 0 Å². The average molecular weight is 381 g/mol. The van der Waals surface area contributed by atoms with Crippen molar-refractivity contribution in [3.63, 3.8) is 0 Å². The minimum atomic E-state index is -0.0815. The van der Waals surface area contributed by atoms with Crippen LogP contribution in [0.1, 0.15) is 29.2 Å². The highest BCUT2D eigenvalue weighted by atomic mass is 16.5. The third kappa shape index (κ3) is 4.91. The van der Waals surface area contributed by atoms with Crippen molar-refractivity contribution in [2.24, 2.45) is 0 Å². The maximum absolute atomic E-state index is 12.6. The minimum Gasteiger partial charge on any atom is -0.484 e. The molecular weight excluding hydrogens is 352 g/mol. The van der Waals surface area contributed by atoms with Gasteiger partial charge in [-0.3, -0.25) is 4.79 Å². The summed E-state index contributed by atoms with van der Waals surface area (Å²) < 4.78 is 11.2. The number of amides is 1. The monoisotopic (exact) mass is 381 g/mol. The number of morpholine rings is 1. The minimum absolute atomic E-state index is 0.0228. The second-order valence-corrected chi connectivity index (χ2v) is 7.67. The van der Waals surface area contributed by atoms with Crippen molar-refractivity contribution in [1.29, 1.82) is 0 Å².